The van der Waals surface area contributed by atoms with Gasteiger partial charge in [-0.05, 0) is 35.4 Å². The molecule has 0 spiro atoms. The van der Waals surface area contributed by atoms with Gasteiger partial charge in [0.2, 0.25) is 0 Å². The van der Waals surface area contributed by atoms with Gasteiger partial charge in [-0.15, -0.1) is 0 Å². The molecule has 0 unspecified atom stereocenters. The lowest BCUT2D eigenvalue weighted by atomic mass is 9.96. The average Bonchev–Trinajstić information content (AvgIpc) is 3.01. The molecule has 2 aromatic heterocycles. The number of aromatic nitrogens is 3. The molecule has 2 aromatic carbocycles. The predicted octanol–water partition coefficient (Wildman–Crippen LogP) is 4.80. The fourth-order valence-corrected chi connectivity index (χ4v) is 2.78. The van der Waals surface area contributed by atoms with Crippen LogP contribution in [0.4, 0.5) is 13.2 Å². The number of hydrogen-bond donors (Lipinski definition) is 1. The molecule has 4 rings (SSSR count). The largest absolute Gasteiger partial charge is 0.416 e. The zero-order chi connectivity index (χ0) is 16.0. The maximum atomic E-state index is 13.2. The normalized spacial score (nSPS) is 12.1. The van der Waals surface area contributed by atoms with Crippen molar-refractivity contribution in [3.05, 3.63) is 60.4 Å². The van der Waals surface area contributed by atoms with Crippen LogP contribution in [-0.2, 0) is 6.18 Å². The molecule has 0 fully saturated rings. The lowest BCUT2D eigenvalue weighted by Crippen LogP contribution is -2.05. The molecule has 0 saturated heterocycles. The van der Waals surface area contributed by atoms with E-state index in [2.05, 4.69) is 15.2 Å². The van der Waals surface area contributed by atoms with Crippen molar-refractivity contribution in [2.75, 3.05) is 0 Å². The van der Waals surface area contributed by atoms with Crippen molar-refractivity contribution in [2.45, 2.75) is 6.18 Å². The van der Waals surface area contributed by atoms with Crippen LogP contribution in [0, 0.1) is 0 Å². The third kappa shape index (κ3) is 2.23. The van der Waals surface area contributed by atoms with Crippen LogP contribution in [0.3, 0.4) is 0 Å². The minimum Gasteiger partial charge on any atom is -0.278 e. The maximum Gasteiger partial charge on any atom is 0.416 e. The first-order valence-corrected chi connectivity index (χ1v) is 6.92. The number of nitrogens with one attached hydrogen (secondary N) is 1. The predicted molar refractivity (Wildman–Crippen MR) is 81.8 cm³/mol. The van der Waals surface area contributed by atoms with Gasteiger partial charge >= 0.3 is 6.18 Å². The van der Waals surface area contributed by atoms with E-state index < -0.39 is 11.7 Å². The van der Waals surface area contributed by atoms with Gasteiger partial charge in [0.25, 0.3) is 0 Å². The summed E-state index contributed by atoms with van der Waals surface area (Å²) in [7, 11) is 0. The van der Waals surface area contributed by atoms with E-state index in [0.717, 1.165) is 17.0 Å². The van der Waals surface area contributed by atoms with E-state index in [9.17, 15) is 13.2 Å². The van der Waals surface area contributed by atoms with Gasteiger partial charge in [-0.2, -0.15) is 18.3 Å². The highest BCUT2D eigenvalue weighted by Gasteiger charge is 2.32. The molecule has 114 valence electrons. The molecular weight excluding hydrogens is 303 g/mol. The smallest absolute Gasteiger partial charge is 0.278 e. The molecule has 1 N–H and O–H groups in total. The number of benzene rings is 2. The lowest BCUT2D eigenvalue weighted by molar-refractivity contribution is -0.137. The highest BCUT2D eigenvalue weighted by Crippen LogP contribution is 2.38. The minimum absolute atomic E-state index is 0.357. The van der Waals surface area contributed by atoms with Gasteiger partial charge in [-0.3, -0.25) is 10.1 Å². The monoisotopic (exact) mass is 313 g/mol. The van der Waals surface area contributed by atoms with E-state index in [0.29, 0.717) is 22.0 Å². The summed E-state index contributed by atoms with van der Waals surface area (Å²) in [6.07, 6.45) is -1.22. The summed E-state index contributed by atoms with van der Waals surface area (Å²) in [5.41, 5.74) is 1.58. The van der Waals surface area contributed by atoms with Crippen LogP contribution in [0.5, 0.6) is 0 Å². The van der Waals surface area contributed by atoms with Gasteiger partial charge in [0.1, 0.15) is 0 Å². The molecule has 0 aliphatic rings. The zero-order valence-electron chi connectivity index (χ0n) is 11.7. The summed E-state index contributed by atoms with van der Waals surface area (Å²) in [5.74, 6) is 0. The van der Waals surface area contributed by atoms with Crippen molar-refractivity contribution in [2.24, 2.45) is 0 Å². The van der Waals surface area contributed by atoms with Crippen LogP contribution in [0.25, 0.3) is 32.9 Å². The quantitative estimate of drug-likeness (QED) is 0.548. The van der Waals surface area contributed by atoms with Gasteiger partial charge in [0.05, 0.1) is 22.8 Å². The first-order valence-electron chi connectivity index (χ1n) is 6.92. The third-order valence-corrected chi connectivity index (χ3v) is 3.82. The Morgan fingerprint density at radius 1 is 0.913 bits per heavy atom. The second-order valence-corrected chi connectivity index (χ2v) is 5.23. The van der Waals surface area contributed by atoms with Crippen LogP contribution in [0.1, 0.15) is 5.56 Å². The first-order chi connectivity index (χ1) is 11.0. The van der Waals surface area contributed by atoms with E-state index in [1.807, 2.05) is 12.1 Å². The van der Waals surface area contributed by atoms with E-state index in [-0.39, 0.29) is 0 Å². The summed E-state index contributed by atoms with van der Waals surface area (Å²) in [4.78, 5) is 4.26. The number of halogens is 3. The number of rotatable bonds is 1. The van der Waals surface area contributed by atoms with Crippen LogP contribution in [0.15, 0.2) is 54.9 Å². The molecule has 0 saturated carbocycles. The Bertz CT molecular complexity index is 1010. The fourth-order valence-electron chi connectivity index (χ4n) is 2.78. The number of hydrogen-bond acceptors (Lipinski definition) is 2. The van der Waals surface area contributed by atoms with Crippen molar-refractivity contribution in [3.63, 3.8) is 0 Å². The fraction of sp³-hybridized carbons (Fsp3) is 0.0588. The van der Waals surface area contributed by atoms with Crippen molar-refractivity contribution >= 4 is 21.8 Å². The van der Waals surface area contributed by atoms with Crippen molar-refractivity contribution in [3.8, 4) is 11.1 Å². The summed E-state index contributed by atoms with van der Waals surface area (Å²) < 4.78 is 39.6. The molecule has 3 nitrogen and oxygen atoms in total. The van der Waals surface area contributed by atoms with Crippen LogP contribution in [-0.4, -0.2) is 15.2 Å². The second kappa shape index (κ2) is 4.81. The minimum atomic E-state index is -4.42. The van der Waals surface area contributed by atoms with Gasteiger partial charge in [0, 0.05) is 17.0 Å². The Labute approximate surface area is 128 Å². The number of pyridine rings is 1. The third-order valence-electron chi connectivity index (χ3n) is 3.82. The molecule has 0 amide bonds. The van der Waals surface area contributed by atoms with E-state index in [1.165, 1.54) is 6.07 Å². The maximum absolute atomic E-state index is 13.2. The van der Waals surface area contributed by atoms with E-state index in [4.69, 9.17) is 0 Å². The van der Waals surface area contributed by atoms with Crippen LogP contribution < -0.4 is 0 Å². The summed E-state index contributed by atoms with van der Waals surface area (Å²) >= 11 is 0. The first kappa shape index (κ1) is 13.8. The highest BCUT2D eigenvalue weighted by molar-refractivity contribution is 6.03. The summed E-state index contributed by atoms with van der Waals surface area (Å²) in [6, 6.07) is 11.3. The Balaban J connectivity index is 2.10. The standard InChI is InChI=1S/C17H10F3N3/c18-17(19,20)10-7-13(14-9-22-23-16(14)8-10)11-3-1-5-15-12(11)4-2-6-21-15/h1-9H,(H,22,23). The SMILES string of the molecule is FC(F)(F)c1cc(-c2cccc3ncccc23)c2cn[nH]c2c1. The Hall–Kier alpha value is -2.89. The van der Waals surface area contributed by atoms with E-state index >= 15 is 0 Å². The lowest BCUT2D eigenvalue weighted by Gasteiger charge is -2.12. The molecule has 4 aromatic rings. The topological polar surface area (TPSA) is 41.6 Å². The molecule has 0 aliphatic carbocycles. The van der Waals surface area contributed by atoms with Crippen LogP contribution >= 0.6 is 0 Å². The molecule has 6 heteroatoms. The molecular formula is C17H10F3N3. The number of fused-ring (bicyclic) bond motifs is 2. The molecule has 0 aliphatic heterocycles. The summed E-state index contributed by atoms with van der Waals surface area (Å²) in [5, 5.41) is 7.96. The summed E-state index contributed by atoms with van der Waals surface area (Å²) in [6.45, 7) is 0. The molecule has 2 heterocycles. The van der Waals surface area contributed by atoms with Gasteiger partial charge in [-0.25, -0.2) is 0 Å². The zero-order valence-corrected chi connectivity index (χ0v) is 11.7. The second-order valence-electron chi connectivity index (χ2n) is 5.23. The van der Waals surface area contributed by atoms with Crippen molar-refractivity contribution < 1.29 is 13.2 Å². The molecule has 0 atom stereocenters. The molecule has 0 bridgehead atoms. The Morgan fingerprint density at radius 2 is 1.78 bits per heavy atom. The van der Waals surface area contributed by atoms with Crippen LogP contribution in [0.2, 0.25) is 0 Å². The van der Waals surface area contributed by atoms with E-state index in [1.54, 1.807) is 30.6 Å². The Kier molecular flexibility index (Phi) is 2.87. The van der Waals surface area contributed by atoms with Gasteiger partial charge in [0.15, 0.2) is 0 Å². The van der Waals surface area contributed by atoms with Crippen molar-refractivity contribution in [1.82, 2.24) is 15.2 Å². The number of alkyl halides is 3. The molecule has 23 heavy (non-hydrogen) atoms. The highest BCUT2D eigenvalue weighted by atomic mass is 19.4. The molecule has 0 radical (unpaired) electrons. The average molecular weight is 313 g/mol. The number of nitrogens with zero attached hydrogens (tertiary/aromatic N) is 2. The van der Waals surface area contributed by atoms with Gasteiger partial charge in [-0.1, -0.05) is 18.2 Å². The number of aromatic amines is 1. The van der Waals surface area contributed by atoms with Gasteiger partial charge < -0.3 is 0 Å². The Morgan fingerprint density at radius 3 is 2.61 bits per heavy atom. The van der Waals surface area contributed by atoms with Crippen molar-refractivity contribution in [1.29, 1.82) is 0 Å². The number of H-pyrrole nitrogens is 1.